The summed E-state index contributed by atoms with van der Waals surface area (Å²) in [7, 11) is -3.51. The molecule has 3 aromatic rings. The molecule has 1 aromatic heterocycles. The topological polar surface area (TPSA) is 97.2 Å². The number of carbonyl (C=O) groups is 1. The molecule has 0 saturated carbocycles. The molecule has 10 heteroatoms. The van der Waals surface area contributed by atoms with Gasteiger partial charge in [-0.05, 0) is 37.6 Å². The fourth-order valence-corrected chi connectivity index (χ4v) is 4.69. The molecule has 0 aliphatic rings. The molecule has 0 unspecified atom stereocenters. The van der Waals surface area contributed by atoms with Gasteiger partial charge < -0.3 is 9.88 Å². The van der Waals surface area contributed by atoms with E-state index in [9.17, 15) is 13.2 Å². The van der Waals surface area contributed by atoms with Gasteiger partial charge in [0.15, 0.2) is 11.0 Å². The number of benzene rings is 2. The van der Waals surface area contributed by atoms with Gasteiger partial charge in [0, 0.05) is 12.2 Å². The number of para-hydroxylation sites is 2. The van der Waals surface area contributed by atoms with Crippen molar-refractivity contribution in [1.82, 2.24) is 14.8 Å². The van der Waals surface area contributed by atoms with Crippen LogP contribution in [0.25, 0.3) is 0 Å². The second-order valence-corrected chi connectivity index (χ2v) is 9.75. The van der Waals surface area contributed by atoms with Crippen LogP contribution in [0.2, 0.25) is 0 Å². The monoisotopic (exact) mass is 459 g/mol. The van der Waals surface area contributed by atoms with E-state index in [1.807, 2.05) is 48.7 Å². The number of thioether (sulfide) groups is 1. The third-order valence-corrected chi connectivity index (χ3v) is 6.70. The summed E-state index contributed by atoms with van der Waals surface area (Å²) in [6.45, 7) is 4.47. The van der Waals surface area contributed by atoms with E-state index in [2.05, 4.69) is 15.5 Å². The molecule has 0 atom stereocenters. The number of nitrogens with zero attached hydrogens (tertiary/aromatic N) is 4. The molecule has 3 rings (SSSR count). The average Bonchev–Trinajstić information content (AvgIpc) is 3.13. The summed E-state index contributed by atoms with van der Waals surface area (Å²) in [5, 5.41) is 11.8. The van der Waals surface area contributed by atoms with E-state index in [1.54, 1.807) is 24.3 Å². The standard InChI is InChI=1S/C21H25N5O3S2/c1-4-25-19(14-26(31(3,28)29)17-11-6-5-7-12-17)23-24-21(25)30-15-20(27)22-18-13-9-8-10-16(18)2/h5-13H,4,14-15H2,1-3H3,(H,22,27). The number of carbonyl (C=O) groups excluding carboxylic acids is 1. The molecular weight excluding hydrogens is 434 g/mol. The number of aromatic nitrogens is 3. The Balaban J connectivity index is 1.73. The predicted molar refractivity (Wildman–Crippen MR) is 124 cm³/mol. The van der Waals surface area contributed by atoms with E-state index in [0.29, 0.717) is 23.2 Å². The molecule has 1 amide bonds. The Morgan fingerprint density at radius 1 is 1.10 bits per heavy atom. The molecule has 1 heterocycles. The second-order valence-electron chi connectivity index (χ2n) is 6.90. The van der Waals surface area contributed by atoms with Crippen molar-refractivity contribution in [2.45, 2.75) is 32.1 Å². The van der Waals surface area contributed by atoms with Crippen LogP contribution in [0.3, 0.4) is 0 Å². The molecule has 0 saturated heterocycles. The number of rotatable bonds is 9. The molecular formula is C21H25N5O3S2. The Labute approximate surface area is 186 Å². The predicted octanol–water partition coefficient (Wildman–Crippen LogP) is 3.30. The summed E-state index contributed by atoms with van der Waals surface area (Å²) in [5.41, 5.74) is 2.32. The van der Waals surface area contributed by atoms with Gasteiger partial charge >= 0.3 is 0 Å². The molecule has 0 aliphatic heterocycles. The van der Waals surface area contributed by atoms with E-state index >= 15 is 0 Å². The van der Waals surface area contributed by atoms with Gasteiger partial charge in [0.1, 0.15) is 0 Å². The fourth-order valence-electron chi connectivity index (χ4n) is 3.01. The highest BCUT2D eigenvalue weighted by Crippen LogP contribution is 2.23. The summed E-state index contributed by atoms with van der Waals surface area (Å²) in [5.74, 6) is 0.535. The maximum atomic E-state index is 12.4. The van der Waals surface area contributed by atoms with Crippen molar-refractivity contribution in [3.63, 3.8) is 0 Å². The van der Waals surface area contributed by atoms with E-state index in [-0.39, 0.29) is 18.2 Å². The summed E-state index contributed by atoms with van der Waals surface area (Å²) in [6, 6.07) is 16.4. The van der Waals surface area contributed by atoms with Gasteiger partial charge in [-0.3, -0.25) is 9.10 Å². The van der Waals surface area contributed by atoms with Crippen LogP contribution < -0.4 is 9.62 Å². The van der Waals surface area contributed by atoms with Crippen LogP contribution in [-0.2, 0) is 27.9 Å². The molecule has 1 N–H and O–H groups in total. The molecule has 0 radical (unpaired) electrons. The fraction of sp³-hybridized carbons (Fsp3) is 0.286. The number of hydrogen-bond acceptors (Lipinski definition) is 6. The number of nitrogens with one attached hydrogen (secondary N) is 1. The molecule has 31 heavy (non-hydrogen) atoms. The van der Waals surface area contributed by atoms with Crippen LogP contribution >= 0.6 is 11.8 Å². The number of amides is 1. The Kier molecular flexibility index (Phi) is 7.34. The maximum absolute atomic E-state index is 12.4. The summed E-state index contributed by atoms with van der Waals surface area (Å²) < 4.78 is 27.9. The molecule has 0 bridgehead atoms. The first-order valence-corrected chi connectivity index (χ1v) is 12.6. The molecule has 0 spiro atoms. The van der Waals surface area contributed by atoms with Crippen LogP contribution in [0, 0.1) is 6.92 Å². The van der Waals surface area contributed by atoms with Crippen molar-refractivity contribution < 1.29 is 13.2 Å². The highest BCUT2D eigenvalue weighted by molar-refractivity contribution is 7.99. The van der Waals surface area contributed by atoms with Gasteiger partial charge in [0.2, 0.25) is 15.9 Å². The molecule has 0 aliphatic carbocycles. The maximum Gasteiger partial charge on any atom is 0.234 e. The Morgan fingerprint density at radius 2 is 1.77 bits per heavy atom. The zero-order valence-electron chi connectivity index (χ0n) is 17.6. The summed E-state index contributed by atoms with van der Waals surface area (Å²) >= 11 is 1.27. The zero-order chi connectivity index (χ0) is 22.4. The van der Waals surface area contributed by atoms with Crippen molar-refractivity contribution in [1.29, 1.82) is 0 Å². The van der Waals surface area contributed by atoms with Crippen molar-refractivity contribution in [3.05, 3.63) is 66.0 Å². The highest BCUT2D eigenvalue weighted by atomic mass is 32.2. The highest BCUT2D eigenvalue weighted by Gasteiger charge is 2.22. The molecule has 8 nitrogen and oxygen atoms in total. The molecule has 164 valence electrons. The number of anilines is 2. The molecule has 2 aromatic carbocycles. The minimum Gasteiger partial charge on any atom is -0.325 e. The van der Waals surface area contributed by atoms with E-state index in [1.165, 1.54) is 16.1 Å². The van der Waals surface area contributed by atoms with E-state index in [0.717, 1.165) is 17.5 Å². The lowest BCUT2D eigenvalue weighted by atomic mass is 10.2. The van der Waals surface area contributed by atoms with Gasteiger partial charge in [0.05, 0.1) is 24.2 Å². The molecule has 0 fully saturated rings. The van der Waals surface area contributed by atoms with Gasteiger partial charge in [-0.1, -0.05) is 48.2 Å². The van der Waals surface area contributed by atoms with Crippen LogP contribution in [0.5, 0.6) is 0 Å². The van der Waals surface area contributed by atoms with Crippen molar-refractivity contribution >= 4 is 39.1 Å². The third kappa shape index (κ3) is 5.86. The minimum absolute atomic E-state index is 0.0552. The number of aryl methyl sites for hydroxylation is 1. The van der Waals surface area contributed by atoms with Crippen LogP contribution in [0.4, 0.5) is 11.4 Å². The first-order valence-electron chi connectivity index (χ1n) is 9.72. The Morgan fingerprint density at radius 3 is 2.42 bits per heavy atom. The van der Waals surface area contributed by atoms with Crippen molar-refractivity contribution in [2.75, 3.05) is 21.6 Å². The second kappa shape index (κ2) is 9.97. The average molecular weight is 460 g/mol. The zero-order valence-corrected chi connectivity index (χ0v) is 19.3. The number of hydrogen-bond donors (Lipinski definition) is 1. The van der Waals surface area contributed by atoms with Crippen LogP contribution in [0.1, 0.15) is 18.3 Å². The van der Waals surface area contributed by atoms with E-state index in [4.69, 9.17) is 0 Å². The largest absolute Gasteiger partial charge is 0.325 e. The van der Waals surface area contributed by atoms with Crippen LogP contribution in [0.15, 0.2) is 59.8 Å². The van der Waals surface area contributed by atoms with E-state index < -0.39 is 10.0 Å². The number of sulfonamides is 1. The summed E-state index contributed by atoms with van der Waals surface area (Å²) in [6.07, 6.45) is 1.16. The minimum atomic E-state index is -3.51. The lowest BCUT2D eigenvalue weighted by Gasteiger charge is -2.22. The van der Waals surface area contributed by atoms with Gasteiger partial charge in [-0.25, -0.2) is 8.42 Å². The van der Waals surface area contributed by atoms with Crippen molar-refractivity contribution in [2.24, 2.45) is 0 Å². The SMILES string of the molecule is CCn1c(CN(c2ccccc2)S(C)(=O)=O)nnc1SCC(=O)Nc1ccccc1C. The lowest BCUT2D eigenvalue weighted by Crippen LogP contribution is -2.30. The normalized spacial score (nSPS) is 11.3. The van der Waals surface area contributed by atoms with Gasteiger partial charge in [-0.2, -0.15) is 0 Å². The van der Waals surface area contributed by atoms with Crippen LogP contribution in [-0.4, -0.2) is 41.1 Å². The van der Waals surface area contributed by atoms with Gasteiger partial charge in [0.25, 0.3) is 0 Å². The summed E-state index contributed by atoms with van der Waals surface area (Å²) in [4.78, 5) is 12.4. The van der Waals surface area contributed by atoms with Gasteiger partial charge in [-0.15, -0.1) is 10.2 Å². The third-order valence-electron chi connectivity index (χ3n) is 4.59. The smallest absolute Gasteiger partial charge is 0.234 e. The first-order chi connectivity index (χ1) is 14.8. The Bertz CT molecular complexity index is 1150. The Hall–Kier alpha value is -2.85. The van der Waals surface area contributed by atoms with Crippen molar-refractivity contribution in [3.8, 4) is 0 Å². The quantitative estimate of drug-likeness (QED) is 0.493. The first kappa shape index (κ1) is 22.8. The lowest BCUT2D eigenvalue weighted by molar-refractivity contribution is -0.113.